The molecule has 0 radical (unpaired) electrons. The van der Waals surface area contributed by atoms with Gasteiger partial charge >= 0.3 is 0 Å². The van der Waals surface area contributed by atoms with E-state index in [1.807, 2.05) is 6.08 Å². The minimum Gasteiger partial charge on any atom is -0.475 e. The summed E-state index contributed by atoms with van der Waals surface area (Å²) in [6.45, 7) is 0. The summed E-state index contributed by atoms with van der Waals surface area (Å²) in [5, 5.41) is 0. The number of hydrogen-bond donors (Lipinski definition) is 0. The number of ether oxygens (including phenoxy) is 1. The molecule has 1 aliphatic heterocycles. The van der Waals surface area contributed by atoms with Crippen molar-refractivity contribution in [3.63, 3.8) is 0 Å². The van der Waals surface area contributed by atoms with Crippen LogP contribution < -0.4 is 5.56 Å². The third-order valence-corrected chi connectivity index (χ3v) is 2.29. The molecule has 14 heavy (non-hydrogen) atoms. The number of halogens is 1. The van der Waals surface area contributed by atoms with Crippen LogP contribution in [0.4, 0.5) is 0 Å². The molecule has 4 nitrogen and oxygen atoms in total. The third kappa shape index (κ3) is 1.70. The zero-order chi connectivity index (χ0) is 9.97. The SMILES string of the molecule is O=c1cc(CCl)on1C1CCC=CO1. The van der Waals surface area contributed by atoms with Gasteiger partial charge in [-0.15, -0.1) is 16.3 Å². The molecule has 0 N–H and O–H groups in total. The van der Waals surface area contributed by atoms with Gasteiger partial charge in [0.2, 0.25) is 6.23 Å². The van der Waals surface area contributed by atoms with E-state index in [2.05, 4.69) is 0 Å². The standard InChI is InChI=1S/C9H10ClNO3/c10-6-7-5-8(12)11(14-7)9-3-1-2-4-13-9/h2,4-5,9H,1,3,6H2. The second kappa shape index (κ2) is 3.92. The molecule has 0 amide bonds. The van der Waals surface area contributed by atoms with Crippen LogP contribution >= 0.6 is 11.6 Å². The van der Waals surface area contributed by atoms with E-state index in [1.165, 1.54) is 10.8 Å². The molecule has 0 saturated heterocycles. The molecule has 0 fully saturated rings. The smallest absolute Gasteiger partial charge is 0.286 e. The molecule has 1 atom stereocenters. The van der Waals surface area contributed by atoms with E-state index < -0.39 is 0 Å². The molecular weight excluding hydrogens is 206 g/mol. The van der Waals surface area contributed by atoms with Crippen molar-refractivity contribution in [3.05, 3.63) is 34.5 Å². The topological polar surface area (TPSA) is 44.4 Å². The van der Waals surface area contributed by atoms with Gasteiger partial charge in [-0.3, -0.25) is 4.79 Å². The summed E-state index contributed by atoms with van der Waals surface area (Å²) in [7, 11) is 0. The second-order valence-electron chi connectivity index (χ2n) is 3.04. The van der Waals surface area contributed by atoms with Gasteiger partial charge in [0.05, 0.1) is 12.1 Å². The first-order valence-electron chi connectivity index (χ1n) is 4.39. The summed E-state index contributed by atoms with van der Waals surface area (Å²) in [5.41, 5.74) is -0.207. The molecule has 76 valence electrons. The number of alkyl halides is 1. The number of hydrogen-bond acceptors (Lipinski definition) is 3. The van der Waals surface area contributed by atoms with E-state index >= 15 is 0 Å². The van der Waals surface area contributed by atoms with Gasteiger partial charge in [-0.25, -0.2) is 0 Å². The number of aromatic nitrogens is 1. The maximum atomic E-state index is 11.4. The van der Waals surface area contributed by atoms with Gasteiger partial charge in [-0.1, -0.05) is 0 Å². The maximum absolute atomic E-state index is 11.4. The first-order chi connectivity index (χ1) is 6.81. The molecule has 0 aromatic carbocycles. The lowest BCUT2D eigenvalue weighted by molar-refractivity contribution is -0.00808. The summed E-state index contributed by atoms with van der Waals surface area (Å²) < 4.78 is 11.7. The van der Waals surface area contributed by atoms with E-state index in [0.717, 1.165) is 12.8 Å². The van der Waals surface area contributed by atoms with Gasteiger partial charge in [0.15, 0.2) is 5.76 Å². The molecule has 0 bridgehead atoms. The lowest BCUT2D eigenvalue weighted by Crippen LogP contribution is -2.21. The number of allylic oxidation sites excluding steroid dienone is 1. The van der Waals surface area contributed by atoms with Crippen molar-refractivity contribution in [3.8, 4) is 0 Å². The summed E-state index contributed by atoms with van der Waals surface area (Å²) in [5.74, 6) is 0.667. The Balaban J connectivity index is 2.26. The van der Waals surface area contributed by atoms with E-state index in [1.54, 1.807) is 6.26 Å². The van der Waals surface area contributed by atoms with Crippen LogP contribution in [-0.2, 0) is 10.6 Å². The fourth-order valence-corrected chi connectivity index (χ4v) is 1.48. The van der Waals surface area contributed by atoms with Crippen molar-refractivity contribution in [1.82, 2.24) is 4.74 Å². The molecule has 0 saturated carbocycles. The van der Waals surface area contributed by atoms with Crippen molar-refractivity contribution in [2.45, 2.75) is 24.9 Å². The molecule has 1 aliphatic rings. The van der Waals surface area contributed by atoms with Crippen LogP contribution in [0.3, 0.4) is 0 Å². The molecule has 2 heterocycles. The number of nitrogens with zero attached hydrogens (tertiary/aromatic N) is 1. The van der Waals surface area contributed by atoms with E-state index in [9.17, 15) is 4.79 Å². The van der Waals surface area contributed by atoms with Gasteiger partial charge in [-0.2, -0.15) is 0 Å². The lowest BCUT2D eigenvalue weighted by Gasteiger charge is -2.17. The second-order valence-corrected chi connectivity index (χ2v) is 3.31. The zero-order valence-corrected chi connectivity index (χ0v) is 8.24. The fourth-order valence-electron chi connectivity index (χ4n) is 1.36. The average molecular weight is 216 g/mol. The van der Waals surface area contributed by atoms with Crippen molar-refractivity contribution in [2.75, 3.05) is 0 Å². The van der Waals surface area contributed by atoms with Crippen molar-refractivity contribution in [2.24, 2.45) is 0 Å². The van der Waals surface area contributed by atoms with Crippen LogP contribution in [-0.4, -0.2) is 4.74 Å². The molecule has 1 aromatic rings. The van der Waals surface area contributed by atoms with E-state index in [0.29, 0.717) is 5.76 Å². The lowest BCUT2D eigenvalue weighted by atomic mass is 10.2. The van der Waals surface area contributed by atoms with Crippen LogP contribution in [0.5, 0.6) is 0 Å². The van der Waals surface area contributed by atoms with E-state index in [4.69, 9.17) is 20.9 Å². The van der Waals surface area contributed by atoms with Gasteiger partial charge in [0.25, 0.3) is 5.56 Å². The molecule has 0 aliphatic carbocycles. The molecular formula is C9H10ClNO3. The predicted molar refractivity (Wildman–Crippen MR) is 51.0 cm³/mol. The highest BCUT2D eigenvalue weighted by Crippen LogP contribution is 2.19. The van der Waals surface area contributed by atoms with Gasteiger partial charge in [0.1, 0.15) is 0 Å². The van der Waals surface area contributed by atoms with Crippen LogP contribution in [0, 0.1) is 0 Å². The molecule has 1 unspecified atom stereocenters. The van der Waals surface area contributed by atoms with Crippen LogP contribution in [0.2, 0.25) is 0 Å². The predicted octanol–water partition coefficient (Wildman–Crippen LogP) is 2.00. The summed E-state index contributed by atoms with van der Waals surface area (Å²) in [6, 6.07) is 1.38. The van der Waals surface area contributed by atoms with Crippen molar-refractivity contribution in [1.29, 1.82) is 0 Å². The Bertz CT molecular complexity index is 393. The molecule has 2 rings (SSSR count). The summed E-state index contributed by atoms with van der Waals surface area (Å²) >= 11 is 5.55. The van der Waals surface area contributed by atoms with Crippen LogP contribution in [0.15, 0.2) is 27.7 Å². The molecule has 1 aromatic heterocycles. The number of rotatable bonds is 2. The Kier molecular flexibility index (Phi) is 2.63. The summed E-state index contributed by atoms with van der Waals surface area (Å²) in [6.07, 6.45) is 4.79. The first-order valence-corrected chi connectivity index (χ1v) is 4.93. The quantitative estimate of drug-likeness (QED) is 0.709. The van der Waals surface area contributed by atoms with Gasteiger partial charge in [-0.05, 0) is 12.5 Å². The Labute approximate surface area is 85.7 Å². The highest BCUT2D eigenvalue weighted by molar-refractivity contribution is 6.16. The van der Waals surface area contributed by atoms with Gasteiger partial charge < -0.3 is 9.26 Å². The Morgan fingerprint density at radius 3 is 3.07 bits per heavy atom. The first kappa shape index (κ1) is 9.40. The maximum Gasteiger partial charge on any atom is 0.286 e. The fraction of sp³-hybridized carbons (Fsp3) is 0.444. The van der Waals surface area contributed by atoms with Crippen molar-refractivity contribution >= 4 is 11.6 Å². The summed E-state index contributed by atoms with van der Waals surface area (Å²) in [4.78, 5) is 11.4. The highest BCUT2D eigenvalue weighted by atomic mass is 35.5. The van der Waals surface area contributed by atoms with Gasteiger partial charge in [0, 0.05) is 12.5 Å². The highest BCUT2D eigenvalue weighted by Gasteiger charge is 2.18. The van der Waals surface area contributed by atoms with Crippen molar-refractivity contribution < 1.29 is 9.26 Å². The monoisotopic (exact) mass is 215 g/mol. The van der Waals surface area contributed by atoms with E-state index in [-0.39, 0.29) is 17.7 Å². The minimum absolute atomic E-state index is 0.199. The largest absolute Gasteiger partial charge is 0.475 e. The van der Waals surface area contributed by atoms with Crippen LogP contribution in [0.25, 0.3) is 0 Å². The molecule has 5 heteroatoms. The Morgan fingerprint density at radius 2 is 2.50 bits per heavy atom. The normalized spacial score (nSPS) is 20.8. The Morgan fingerprint density at radius 1 is 1.64 bits per heavy atom. The minimum atomic E-state index is -0.329. The van der Waals surface area contributed by atoms with Crippen LogP contribution in [0.1, 0.15) is 24.8 Å². The average Bonchev–Trinajstić information content (AvgIpc) is 2.61. The zero-order valence-electron chi connectivity index (χ0n) is 7.48. The Hall–Kier alpha value is -1.16. The molecule has 0 spiro atoms. The third-order valence-electron chi connectivity index (χ3n) is 2.02.